The fourth-order valence-corrected chi connectivity index (χ4v) is 100. The monoisotopic (exact) mass is 1310 g/mol. The van der Waals surface area contributed by atoms with Gasteiger partial charge in [-0.2, -0.15) is 0 Å². The van der Waals surface area contributed by atoms with Gasteiger partial charge >= 0.3 is 26.4 Å². The molecule has 0 spiro atoms. The highest BCUT2D eigenvalue weighted by Crippen LogP contribution is 3.09. The van der Waals surface area contributed by atoms with Crippen LogP contribution in [0.4, 0.5) is 0 Å². The fourth-order valence-electron chi connectivity index (χ4n) is 17.1. The van der Waals surface area contributed by atoms with Crippen LogP contribution in [0.25, 0.3) is 0 Å². The van der Waals surface area contributed by atoms with E-state index in [2.05, 4.69) is 115 Å². The first-order valence-electron chi connectivity index (χ1n) is 28.9. The van der Waals surface area contributed by atoms with E-state index >= 15 is 0 Å². The minimum atomic E-state index is -3.67. The average Bonchev–Trinajstić information content (AvgIpc) is 4.34. The molecule has 9 nitrogen and oxygen atoms in total. The maximum Gasteiger partial charge on any atom is 0.518 e. The molecule has 0 N–H and O–H groups in total. The van der Waals surface area contributed by atoms with E-state index in [1.807, 2.05) is 29.5 Å². The summed E-state index contributed by atoms with van der Waals surface area (Å²) in [6.45, 7) is 32.0. The lowest BCUT2D eigenvalue weighted by Gasteiger charge is -2.78. The van der Waals surface area contributed by atoms with Crippen LogP contribution in [0.2, 0.25) is 0 Å². The Bertz CT molecular complexity index is 1670. The van der Waals surface area contributed by atoms with Crippen molar-refractivity contribution in [2.24, 2.45) is 35.5 Å². The number of hydrogen-bond acceptors (Lipinski definition) is 18. The van der Waals surface area contributed by atoms with E-state index in [4.69, 9.17) is 74.8 Å². The minimum absolute atomic E-state index is 0.164. The van der Waals surface area contributed by atoms with Crippen LogP contribution in [0.3, 0.4) is 0 Å². The Labute approximate surface area is 496 Å². The van der Waals surface area contributed by atoms with Crippen LogP contribution in [0.5, 0.6) is 0 Å². The van der Waals surface area contributed by atoms with Crippen LogP contribution in [-0.4, -0.2) is 126 Å². The summed E-state index contributed by atoms with van der Waals surface area (Å²) in [7, 11) is -4.73. The Morgan fingerprint density at radius 2 is 0.716 bits per heavy atom. The average molecular weight is 1310 g/mol. The van der Waals surface area contributed by atoms with Crippen molar-refractivity contribution in [3.8, 4) is 0 Å². The maximum atomic E-state index is 7.70. The topological polar surface area (TPSA) is 83.1 Å². The van der Waals surface area contributed by atoms with Gasteiger partial charge in [0.15, 0.2) is 0 Å². The number of thiol groups is 3. The van der Waals surface area contributed by atoms with Crippen molar-refractivity contribution in [1.29, 1.82) is 0 Å². The molecule has 0 heterocycles. The van der Waals surface area contributed by atoms with Crippen LogP contribution in [0.1, 0.15) is 179 Å². The van der Waals surface area contributed by atoms with Gasteiger partial charge in [0.1, 0.15) is 0 Å². The van der Waals surface area contributed by atoms with Gasteiger partial charge in [-0.25, -0.2) is 0 Å². The van der Waals surface area contributed by atoms with Crippen molar-refractivity contribution in [2.75, 3.05) is 76.7 Å². The largest absolute Gasteiger partial charge is 0.518 e. The zero-order valence-electron chi connectivity index (χ0n) is 47.3. The molecule has 7 saturated carbocycles. The molecule has 7 rings (SSSR count). The maximum absolute atomic E-state index is 7.70. The summed E-state index contributed by atoms with van der Waals surface area (Å²) in [6.07, 6.45) is 17.2. The number of fused-ring (bicyclic) bond motifs is 6. The highest BCUT2D eigenvalue weighted by atomic mass is 33.8. The van der Waals surface area contributed by atoms with E-state index in [-0.39, 0.29) is 9.62 Å². The van der Waals surface area contributed by atoms with Crippen molar-refractivity contribution >= 4 is 148 Å². The van der Waals surface area contributed by atoms with E-state index < -0.39 is 63.5 Å². The SMILES string of the molecule is CCO[Si](OCC)(OCC)C1(S(SS)(SCC)C2CCCC2(S(SS)(SCC)C2([Si](OCC)(OCC)OCC)CC3CCC2C3)S(SS)(SCC)C2([Si](OCC)(OCC)OCC)CC3CCC2C3)CC2CCC1C2. The molecule has 0 saturated heterocycles. The smallest absolute Gasteiger partial charge is 0.373 e. The highest BCUT2D eigenvalue weighted by Gasteiger charge is 2.90. The van der Waals surface area contributed by atoms with Gasteiger partial charge in [-0.1, -0.05) is 40.0 Å². The molecule has 13 unspecified atom stereocenters. The first-order valence-corrected chi connectivity index (χ1v) is 50.7. The molecule has 6 bridgehead atoms. The number of hydrogen-bond donors (Lipinski definition) is 3. The van der Waals surface area contributed by atoms with E-state index in [9.17, 15) is 0 Å². The Morgan fingerprint density at radius 3 is 0.959 bits per heavy atom. The molecule has 0 radical (unpaired) electrons. The Kier molecular flexibility index (Phi) is 24.9. The Balaban J connectivity index is 1.80. The van der Waals surface area contributed by atoms with Crippen LogP contribution in [0.15, 0.2) is 0 Å². The third kappa shape index (κ3) is 9.65. The summed E-state index contributed by atoms with van der Waals surface area (Å²) in [5.41, 5.74) is 0. The molecule has 7 aliphatic rings. The van der Waals surface area contributed by atoms with Gasteiger partial charge < -0.3 is 39.8 Å². The van der Waals surface area contributed by atoms with Crippen molar-refractivity contribution in [3.63, 3.8) is 0 Å². The van der Waals surface area contributed by atoms with Crippen molar-refractivity contribution in [2.45, 2.75) is 202 Å². The third-order valence-corrected chi connectivity index (χ3v) is 81.8. The normalized spacial score (nSPS) is 37.6. The van der Waals surface area contributed by atoms with Crippen LogP contribution < -0.4 is 0 Å². The van der Waals surface area contributed by atoms with E-state index in [1.54, 1.807) is 0 Å². The predicted octanol–water partition coefficient (Wildman–Crippen LogP) is 17.6. The lowest BCUT2D eigenvalue weighted by molar-refractivity contribution is 0.0482. The Morgan fingerprint density at radius 1 is 0.405 bits per heavy atom. The number of rotatable bonds is 36. The molecule has 0 aliphatic heterocycles. The lowest BCUT2D eigenvalue weighted by Crippen LogP contribution is -2.75. The highest BCUT2D eigenvalue weighted by molar-refractivity contribution is 9.45. The van der Waals surface area contributed by atoms with Gasteiger partial charge in [-0.05, 0) is 204 Å². The molecule has 438 valence electrons. The first kappa shape index (κ1) is 66.0. The second kappa shape index (κ2) is 27.9. The lowest BCUT2D eigenvalue weighted by atomic mass is 9.99. The summed E-state index contributed by atoms with van der Waals surface area (Å²) >= 11 is 18.2. The zero-order chi connectivity index (χ0) is 53.7. The molecule has 13 atom stereocenters. The fraction of sp³-hybridized carbons (Fsp3) is 1.00. The molecular formula is C50H100O9S12Si3. The quantitative estimate of drug-likeness (QED) is 0.0316. The van der Waals surface area contributed by atoms with Gasteiger partial charge in [0, 0.05) is 82.0 Å². The second-order valence-electron chi connectivity index (χ2n) is 21.2. The summed E-state index contributed by atoms with van der Waals surface area (Å²) in [4.78, 5) is 0. The molecule has 7 aliphatic carbocycles. The Hall–Kier alpha value is 4.49. The molecule has 7 fully saturated rings. The van der Waals surface area contributed by atoms with Crippen molar-refractivity contribution in [1.82, 2.24) is 0 Å². The van der Waals surface area contributed by atoms with Gasteiger partial charge in [0.05, 0.1) is 17.2 Å². The standard InChI is InChI=1S/C50H100O9S12Si3/c1-13-51-72(52-14-2,53-15-3)48(37-40-27-30-43(48)34-40)69(66-60,63-22-10)46-26-25-33-47(46,70(67-61,64-23-11)49(38-41-28-31-44(49)35-41)73(54-16-4,55-17-5)56-18-6)71(68-62,65-24-12)50(39-42-29-32-45(50)36-42)74(57-19-7,58-20-8)59-21-9/h40-46,60-62H,13-39H2,1-12H3. The molecule has 24 heteroatoms. The van der Waals surface area contributed by atoms with E-state index in [0.717, 1.165) is 68.6 Å². The molecule has 0 aromatic rings. The first-order chi connectivity index (χ1) is 35.8. The summed E-state index contributed by atoms with van der Waals surface area (Å²) in [5, 5.41) is 0.164. The second-order valence-corrected chi connectivity index (χ2v) is 59.9. The molecule has 74 heavy (non-hydrogen) atoms. The van der Waals surface area contributed by atoms with Crippen LogP contribution in [0, 0.1) is 35.5 Å². The zero-order valence-corrected chi connectivity index (χ0v) is 60.4. The van der Waals surface area contributed by atoms with Crippen molar-refractivity contribution in [3.05, 3.63) is 0 Å². The van der Waals surface area contributed by atoms with Gasteiger partial charge in [-0.15, -0.1) is 91.6 Å². The third-order valence-electron chi connectivity index (χ3n) is 18.4. The van der Waals surface area contributed by atoms with Gasteiger partial charge in [-0.3, -0.25) is 0 Å². The molecular weight excluding hydrogens is 1210 g/mol. The van der Waals surface area contributed by atoms with E-state index in [1.165, 1.54) is 44.9 Å². The van der Waals surface area contributed by atoms with Crippen LogP contribution in [-0.2, 0) is 39.8 Å². The van der Waals surface area contributed by atoms with Crippen LogP contribution >= 0.6 is 121 Å². The van der Waals surface area contributed by atoms with Crippen molar-refractivity contribution < 1.29 is 39.8 Å². The summed E-state index contributed by atoms with van der Waals surface area (Å²) in [5.74, 6) is 5.70. The van der Waals surface area contributed by atoms with E-state index in [0.29, 0.717) is 95.0 Å². The minimum Gasteiger partial charge on any atom is -0.373 e. The molecule has 0 amide bonds. The van der Waals surface area contributed by atoms with Gasteiger partial charge in [0.2, 0.25) is 0 Å². The van der Waals surface area contributed by atoms with Gasteiger partial charge in [0.25, 0.3) is 0 Å². The predicted molar refractivity (Wildman–Crippen MR) is 354 cm³/mol. The summed E-state index contributed by atoms with van der Waals surface area (Å²) in [6, 6.07) is 0. The summed E-state index contributed by atoms with van der Waals surface area (Å²) < 4.78 is 67.3. The molecule has 0 aromatic carbocycles. The molecule has 0 aromatic heterocycles.